The highest BCUT2D eigenvalue weighted by molar-refractivity contribution is 5.95. The van der Waals surface area contributed by atoms with E-state index in [1.54, 1.807) is 18.5 Å². The van der Waals surface area contributed by atoms with Crippen molar-refractivity contribution in [1.82, 2.24) is 14.9 Å². The molecule has 5 heteroatoms. The van der Waals surface area contributed by atoms with E-state index in [0.29, 0.717) is 5.82 Å². The van der Waals surface area contributed by atoms with Crippen molar-refractivity contribution in [1.29, 1.82) is 0 Å². The van der Waals surface area contributed by atoms with Crippen LogP contribution in [0.1, 0.15) is 19.2 Å². The van der Waals surface area contributed by atoms with Crippen molar-refractivity contribution < 1.29 is 9.53 Å². The lowest BCUT2D eigenvalue weighted by Gasteiger charge is -2.24. The fraction of sp³-hybridized carbons (Fsp3) is 0.417. The SMILES string of the molecule is CCCN(C)C1OC(=O)C=C1c1ncccn1. The minimum atomic E-state index is -0.371. The van der Waals surface area contributed by atoms with Crippen molar-refractivity contribution in [2.75, 3.05) is 13.6 Å². The second kappa shape index (κ2) is 5.05. The fourth-order valence-corrected chi connectivity index (χ4v) is 1.83. The lowest BCUT2D eigenvalue weighted by atomic mass is 10.2. The van der Waals surface area contributed by atoms with Gasteiger partial charge in [-0.15, -0.1) is 0 Å². The van der Waals surface area contributed by atoms with Crippen LogP contribution in [0.15, 0.2) is 24.5 Å². The van der Waals surface area contributed by atoms with Crippen LogP contribution in [0.3, 0.4) is 0 Å². The number of esters is 1. The number of likely N-dealkylation sites (N-methyl/N-ethyl adjacent to an activating group) is 1. The quantitative estimate of drug-likeness (QED) is 0.728. The summed E-state index contributed by atoms with van der Waals surface area (Å²) in [4.78, 5) is 21.6. The molecule has 0 amide bonds. The Labute approximate surface area is 100 Å². The van der Waals surface area contributed by atoms with E-state index in [1.807, 2.05) is 11.9 Å². The average molecular weight is 233 g/mol. The molecule has 1 aliphatic rings. The van der Waals surface area contributed by atoms with Gasteiger partial charge in [-0.1, -0.05) is 6.92 Å². The summed E-state index contributed by atoms with van der Waals surface area (Å²) in [5.74, 6) is 0.215. The van der Waals surface area contributed by atoms with Crippen LogP contribution in [0.25, 0.3) is 5.57 Å². The third-order valence-corrected chi connectivity index (χ3v) is 2.57. The Kier molecular flexibility index (Phi) is 3.49. The number of nitrogens with zero attached hydrogens (tertiary/aromatic N) is 3. The smallest absolute Gasteiger partial charge is 0.333 e. The van der Waals surface area contributed by atoms with Crippen LogP contribution in [0.2, 0.25) is 0 Å². The van der Waals surface area contributed by atoms with Crippen molar-refractivity contribution in [2.24, 2.45) is 0 Å². The van der Waals surface area contributed by atoms with Crippen LogP contribution in [0, 0.1) is 0 Å². The highest BCUT2D eigenvalue weighted by Gasteiger charge is 2.31. The van der Waals surface area contributed by atoms with Gasteiger partial charge in [-0.3, -0.25) is 4.90 Å². The largest absolute Gasteiger partial charge is 0.439 e. The Hall–Kier alpha value is -1.75. The summed E-state index contributed by atoms with van der Waals surface area (Å²) >= 11 is 0. The number of rotatable bonds is 4. The van der Waals surface area contributed by atoms with Gasteiger partial charge in [-0.2, -0.15) is 0 Å². The van der Waals surface area contributed by atoms with Crippen molar-refractivity contribution in [3.05, 3.63) is 30.4 Å². The fourth-order valence-electron chi connectivity index (χ4n) is 1.83. The van der Waals surface area contributed by atoms with Gasteiger partial charge in [0.1, 0.15) is 0 Å². The Bertz CT molecular complexity index is 431. The molecule has 0 fully saturated rings. The maximum atomic E-state index is 11.4. The third-order valence-electron chi connectivity index (χ3n) is 2.57. The molecule has 0 spiro atoms. The predicted molar refractivity (Wildman–Crippen MR) is 62.8 cm³/mol. The zero-order valence-electron chi connectivity index (χ0n) is 9.96. The molecule has 0 saturated carbocycles. The van der Waals surface area contributed by atoms with E-state index in [1.165, 1.54) is 6.08 Å². The van der Waals surface area contributed by atoms with Crippen molar-refractivity contribution in [3.8, 4) is 0 Å². The number of cyclic esters (lactones) is 1. The average Bonchev–Trinajstić information content (AvgIpc) is 2.73. The standard InChI is InChI=1S/C12H15N3O2/c1-3-7-15(2)12-9(8-10(16)17-12)11-13-5-4-6-14-11/h4-6,8,12H,3,7H2,1-2H3. The summed E-state index contributed by atoms with van der Waals surface area (Å²) in [7, 11) is 1.92. The molecule has 1 aromatic heterocycles. The Morgan fingerprint density at radius 2 is 2.12 bits per heavy atom. The van der Waals surface area contributed by atoms with E-state index in [0.717, 1.165) is 18.5 Å². The van der Waals surface area contributed by atoms with Crippen LogP contribution in [0.5, 0.6) is 0 Å². The molecule has 1 unspecified atom stereocenters. The monoisotopic (exact) mass is 233 g/mol. The molecular weight excluding hydrogens is 218 g/mol. The highest BCUT2D eigenvalue weighted by Crippen LogP contribution is 2.25. The number of hydrogen-bond donors (Lipinski definition) is 0. The van der Waals surface area contributed by atoms with Crippen LogP contribution < -0.4 is 0 Å². The number of ether oxygens (including phenoxy) is 1. The molecule has 0 bridgehead atoms. The predicted octanol–water partition coefficient (Wildman–Crippen LogP) is 1.08. The summed E-state index contributed by atoms with van der Waals surface area (Å²) in [6.07, 6.45) is 5.40. The zero-order valence-corrected chi connectivity index (χ0v) is 9.96. The number of carbonyl (C=O) groups is 1. The molecule has 17 heavy (non-hydrogen) atoms. The van der Waals surface area contributed by atoms with Crippen molar-refractivity contribution in [2.45, 2.75) is 19.6 Å². The van der Waals surface area contributed by atoms with E-state index in [2.05, 4.69) is 16.9 Å². The first-order chi connectivity index (χ1) is 8.22. The Morgan fingerprint density at radius 3 is 2.76 bits per heavy atom. The van der Waals surface area contributed by atoms with Crippen LogP contribution in [0.4, 0.5) is 0 Å². The maximum Gasteiger partial charge on any atom is 0.333 e. The van der Waals surface area contributed by atoms with E-state index in [-0.39, 0.29) is 12.2 Å². The molecule has 1 atom stereocenters. The molecule has 1 aromatic rings. The van der Waals surface area contributed by atoms with Gasteiger partial charge in [0, 0.05) is 25.0 Å². The van der Waals surface area contributed by atoms with Crippen molar-refractivity contribution >= 4 is 11.5 Å². The maximum absolute atomic E-state index is 11.4. The minimum Gasteiger partial charge on any atom is -0.439 e. The molecule has 0 saturated heterocycles. The summed E-state index contributed by atoms with van der Waals surface area (Å²) in [5.41, 5.74) is 0.728. The zero-order chi connectivity index (χ0) is 12.3. The molecule has 90 valence electrons. The second-order valence-electron chi connectivity index (χ2n) is 3.94. The van der Waals surface area contributed by atoms with Gasteiger partial charge in [0.05, 0.1) is 5.57 Å². The summed E-state index contributed by atoms with van der Waals surface area (Å²) in [6.45, 7) is 2.93. The van der Waals surface area contributed by atoms with E-state index in [4.69, 9.17) is 4.74 Å². The van der Waals surface area contributed by atoms with Crippen LogP contribution >= 0.6 is 0 Å². The minimum absolute atomic E-state index is 0.333. The molecule has 5 nitrogen and oxygen atoms in total. The molecule has 0 aliphatic carbocycles. The summed E-state index contributed by atoms with van der Waals surface area (Å²) < 4.78 is 5.26. The molecule has 0 aromatic carbocycles. The third kappa shape index (κ3) is 2.50. The summed E-state index contributed by atoms with van der Waals surface area (Å²) in [5, 5.41) is 0. The van der Waals surface area contributed by atoms with E-state index < -0.39 is 0 Å². The van der Waals surface area contributed by atoms with Crippen LogP contribution in [-0.2, 0) is 9.53 Å². The first-order valence-corrected chi connectivity index (χ1v) is 5.62. The number of aromatic nitrogens is 2. The van der Waals surface area contributed by atoms with Gasteiger partial charge in [0.25, 0.3) is 0 Å². The summed E-state index contributed by atoms with van der Waals surface area (Å²) in [6, 6.07) is 1.74. The highest BCUT2D eigenvalue weighted by atomic mass is 16.6. The van der Waals surface area contributed by atoms with Gasteiger partial charge in [0.2, 0.25) is 0 Å². The molecule has 2 heterocycles. The van der Waals surface area contributed by atoms with Gasteiger partial charge in [-0.05, 0) is 19.5 Å². The first-order valence-electron chi connectivity index (χ1n) is 5.62. The van der Waals surface area contributed by atoms with E-state index in [9.17, 15) is 4.79 Å². The van der Waals surface area contributed by atoms with Gasteiger partial charge in [-0.25, -0.2) is 14.8 Å². The lowest BCUT2D eigenvalue weighted by molar-refractivity contribution is -0.144. The van der Waals surface area contributed by atoms with E-state index >= 15 is 0 Å². The van der Waals surface area contributed by atoms with Gasteiger partial charge >= 0.3 is 5.97 Å². The molecule has 0 N–H and O–H groups in total. The molecule has 1 aliphatic heterocycles. The first kappa shape index (κ1) is 11.7. The number of hydrogen-bond acceptors (Lipinski definition) is 5. The second-order valence-corrected chi connectivity index (χ2v) is 3.94. The van der Waals surface area contributed by atoms with Crippen molar-refractivity contribution in [3.63, 3.8) is 0 Å². The van der Waals surface area contributed by atoms with Gasteiger partial charge in [0.15, 0.2) is 12.1 Å². The topological polar surface area (TPSA) is 55.3 Å². The molecular formula is C12H15N3O2. The lowest BCUT2D eigenvalue weighted by Crippen LogP contribution is -2.34. The normalized spacial score (nSPS) is 19.4. The molecule has 2 rings (SSSR count). The Morgan fingerprint density at radius 1 is 1.41 bits per heavy atom. The van der Waals surface area contributed by atoms with Gasteiger partial charge < -0.3 is 4.74 Å². The number of carbonyl (C=O) groups excluding carboxylic acids is 1. The van der Waals surface area contributed by atoms with Crippen LogP contribution in [-0.4, -0.2) is 40.7 Å². The molecule has 0 radical (unpaired) electrons. The Balaban J connectivity index is 2.24.